The van der Waals surface area contributed by atoms with Gasteiger partial charge in [0.15, 0.2) is 0 Å². The highest BCUT2D eigenvalue weighted by Crippen LogP contribution is 2.51. The van der Waals surface area contributed by atoms with Crippen molar-refractivity contribution in [2.24, 2.45) is 11.3 Å². The van der Waals surface area contributed by atoms with Crippen molar-refractivity contribution in [3.05, 3.63) is 34.3 Å². The summed E-state index contributed by atoms with van der Waals surface area (Å²) in [6.45, 7) is 7.04. The van der Waals surface area contributed by atoms with Gasteiger partial charge in [0.2, 0.25) is 0 Å². The number of rotatable bonds is 0. The summed E-state index contributed by atoms with van der Waals surface area (Å²) in [6, 6.07) is 6.39. The number of nitrogens with one attached hydrogen (secondary N) is 1. The van der Waals surface area contributed by atoms with E-state index in [1.54, 1.807) is 0 Å². The molecule has 17 heavy (non-hydrogen) atoms. The second kappa shape index (κ2) is 4.46. The average molecular weight is 272 g/mol. The maximum Gasteiger partial charge on any atom is 0.0440 e. The molecule has 1 N–H and O–H groups in total. The summed E-state index contributed by atoms with van der Waals surface area (Å²) in [5, 5.41) is 4.51. The van der Waals surface area contributed by atoms with Crippen LogP contribution in [0.15, 0.2) is 18.2 Å². The Labute approximate surface area is 114 Å². The highest BCUT2D eigenvalue weighted by molar-refractivity contribution is 6.31. The molecule has 0 saturated carbocycles. The van der Waals surface area contributed by atoms with Gasteiger partial charge in [0, 0.05) is 24.0 Å². The van der Waals surface area contributed by atoms with Gasteiger partial charge >= 0.3 is 0 Å². The van der Waals surface area contributed by atoms with Gasteiger partial charge in [-0.15, -0.1) is 12.4 Å². The van der Waals surface area contributed by atoms with Crippen molar-refractivity contribution < 1.29 is 0 Å². The van der Waals surface area contributed by atoms with Crippen LogP contribution in [0.4, 0.5) is 0 Å². The van der Waals surface area contributed by atoms with Crippen LogP contribution < -0.4 is 5.32 Å². The molecule has 1 aliphatic heterocycles. The Kier molecular flexibility index (Phi) is 3.46. The fourth-order valence-electron chi connectivity index (χ4n) is 3.48. The van der Waals surface area contributed by atoms with Gasteiger partial charge in [0.1, 0.15) is 0 Å². The minimum Gasteiger partial charge on any atom is -0.316 e. The molecule has 0 amide bonds. The van der Waals surface area contributed by atoms with Crippen LogP contribution in [0.25, 0.3) is 0 Å². The number of benzene rings is 1. The van der Waals surface area contributed by atoms with Gasteiger partial charge in [-0.25, -0.2) is 0 Å². The predicted octanol–water partition coefficient (Wildman–Crippen LogP) is 3.65. The summed E-state index contributed by atoms with van der Waals surface area (Å²) in [6.07, 6.45) is 1.13. The Morgan fingerprint density at radius 1 is 1.41 bits per heavy atom. The summed E-state index contributed by atoms with van der Waals surface area (Å²) in [5.74, 6) is 1.35. The van der Waals surface area contributed by atoms with Crippen molar-refractivity contribution in [1.82, 2.24) is 5.32 Å². The molecule has 1 aliphatic carbocycles. The third-order valence-corrected chi connectivity index (χ3v) is 5.17. The van der Waals surface area contributed by atoms with E-state index in [1.165, 1.54) is 11.1 Å². The van der Waals surface area contributed by atoms with Crippen molar-refractivity contribution >= 4 is 24.0 Å². The topological polar surface area (TPSA) is 12.0 Å². The van der Waals surface area contributed by atoms with Crippen molar-refractivity contribution in [2.75, 3.05) is 13.1 Å². The lowest BCUT2D eigenvalue weighted by molar-refractivity contribution is 0.184. The van der Waals surface area contributed by atoms with Crippen molar-refractivity contribution in [3.63, 3.8) is 0 Å². The lowest BCUT2D eigenvalue weighted by atomic mass is 9.61. The van der Waals surface area contributed by atoms with E-state index in [4.69, 9.17) is 11.6 Å². The van der Waals surface area contributed by atoms with E-state index in [0.717, 1.165) is 24.5 Å². The molecular formula is C14H19Cl2N. The Hall–Kier alpha value is -0.240. The van der Waals surface area contributed by atoms with E-state index in [1.807, 2.05) is 6.07 Å². The molecule has 1 saturated heterocycles. The van der Waals surface area contributed by atoms with Crippen LogP contribution in [-0.2, 0) is 6.42 Å². The van der Waals surface area contributed by atoms with Gasteiger partial charge in [-0.3, -0.25) is 0 Å². The summed E-state index contributed by atoms with van der Waals surface area (Å²) in [4.78, 5) is 0. The molecule has 3 heteroatoms. The third kappa shape index (κ3) is 1.80. The van der Waals surface area contributed by atoms with Crippen LogP contribution in [0.3, 0.4) is 0 Å². The predicted molar refractivity (Wildman–Crippen MR) is 75.3 cm³/mol. The zero-order valence-electron chi connectivity index (χ0n) is 10.3. The van der Waals surface area contributed by atoms with Gasteiger partial charge in [-0.2, -0.15) is 0 Å². The van der Waals surface area contributed by atoms with E-state index in [-0.39, 0.29) is 12.4 Å². The lowest BCUT2D eigenvalue weighted by Crippen LogP contribution is -2.37. The standard InChI is InChI=1S/C14H18ClN.ClH/c1-9-6-11-10(4-3-5-13(11)15)12-7-16-8-14(9,12)2;/h3-5,9,12,16H,6-8H2,1-2H3;1H/t9-,12+,14+;/m0./s1. The quantitative estimate of drug-likeness (QED) is 0.760. The van der Waals surface area contributed by atoms with Gasteiger partial charge in [-0.1, -0.05) is 37.6 Å². The molecule has 0 bridgehead atoms. The Balaban J connectivity index is 0.00000108. The SMILES string of the molecule is C[C@H]1Cc2c(Cl)cccc2[C@H]2CNC[C@@]21C.Cl. The minimum absolute atomic E-state index is 0. The van der Waals surface area contributed by atoms with Crippen LogP contribution in [0.2, 0.25) is 5.02 Å². The van der Waals surface area contributed by atoms with E-state index in [0.29, 0.717) is 17.3 Å². The fraction of sp³-hybridized carbons (Fsp3) is 0.571. The zero-order valence-corrected chi connectivity index (χ0v) is 11.9. The first-order valence-electron chi connectivity index (χ1n) is 6.11. The second-order valence-electron chi connectivity index (χ2n) is 5.60. The fourth-order valence-corrected chi connectivity index (χ4v) is 3.74. The van der Waals surface area contributed by atoms with Gasteiger partial charge in [0.25, 0.3) is 0 Å². The maximum absolute atomic E-state index is 6.32. The third-order valence-electron chi connectivity index (χ3n) is 4.82. The van der Waals surface area contributed by atoms with Crippen LogP contribution >= 0.6 is 24.0 Å². The summed E-state index contributed by atoms with van der Waals surface area (Å²) >= 11 is 6.32. The highest BCUT2D eigenvalue weighted by Gasteiger charge is 2.47. The molecular weight excluding hydrogens is 253 g/mol. The average Bonchev–Trinajstić information content (AvgIpc) is 2.64. The summed E-state index contributed by atoms with van der Waals surface area (Å²) in [7, 11) is 0. The molecule has 1 fully saturated rings. The van der Waals surface area contributed by atoms with Gasteiger partial charge in [-0.05, 0) is 34.9 Å². The van der Waals surface area contributed by atoms with Crippen LogP contribution in [0.1, 0.15) is 30.9 Å². The van der Waals surface area contributed by atoms with Gasteiger partial charge < -0.3 is 5.32 Å². The van der Waals surface area contributed by atoms with Crippen LogP contribution in [0, 0.1) is 11.3 Å². The monoisotopic (exact) mass is 271 g/mol. The second-order valence-corrected chi connectivity index (χ2v) is 6.01. The molecule has 3 atom stereocenters. The molecule has 2 aliphatic rings. The largest absolute Gasteiger partial charge is 0.316 e. The van der Waals surface area contributed by atoms with Crippen molar-refractivity contribution in [2.45, 2.75) is 26.2 Å². The first-order valence-corrected chi connectivity index (χ1v) is 6.49. The Bertz CT molecular complexity index is 432. The molecule has 0 aromatic heterocycles. The molecule has 1 aromatic carbocycles. The van der Waals surface area contributed by atoms with E-state index in [9.17, 15) is 0 Å². The van der Waals surface area contributed by atoms with Crippen molar-refractivity contribution in [3.8, 4) is 0 Å². The molecule has 1 heterocycles. The van der Waals surface area contributed by atoms with Crippen LogP contribution in [-0.4, -0.2) is 13.1 Å². The first kappa shape index (κ1) is 13.2. The molecule has 0 unspecified atom stereocenters. The normalized spacial score (nSPS) is 34.8. The zero-order chi connectivity index (χ0) is 11.3. The van der Waals surface area contributed by atoms with Crippen LogP contribution in [0.5, 0.6) is 0 Å². The minimum atomic E-state index is 0. The van der Waals surface area contributed by atoms with Crippen molar-refractivity contribution in [1.29, 1.82) is 0 Å². The molecule has 1 nitrogen and oxygen atoms in total. The van der Waals surface area contributed by atoms with E-state index >= 15 is 0 Å². The van der Waals surface area contributed by atoms with Gasteiger partial charge in [0.05, 0.1) is 0 Å². The first-order chi connectivity index (χ1) is 7.63. The number of hydrogen-bond donors (Lipinski definition) is 1. The molecule has 1 aromatic rings. The number of hydrogen-bond acceptors (Lipinski definition) is 1. The van der Waals surface area contributed by atoms with E-state index < -0.39 is 0 Å². The molecule has 3 rings (SSSR count). The summed E-state index contributed by atoms with van der Waals surface area (Å²) in [5.41, 5.74) is 3.29. The lowest BCUT2D eigenvalue weighted by Gasteiger charge is -2.42. The molecule has 94 valence electrons. The maximum atomic E-state index is 6.32. The Morgan fingerprint density at radius 3 is 2.94 bits per heavy atom. The number of fused-ring (bicyclic) bond motifs is 3. The summed E-state index contributed by atoms with van der Waals surface area (Å²) < 4.78 is 0. The van der Waals surface area contributed by atoms with E-state index in [2.05, 4.69) is 31.3 Å². The molecule has 0 radical (unpaired) electrons. The number of halogens is 2. The smallest absolute Gasteiger partial charge is 0.0440 e. The Morgan fingerprint density at radius 2 is 2.18 bits per heavy atom. The highest BCUT2D eigenvalue weighted by atomic mass is 35.5. The molecule has 0 spiro atoms.